The predicted molar refractivity (Wildman–Crippen MR) is 129 cm³/mol. The molecule has 0 aromatic heterocycles. The largest absolute Gasteiger partial charge is 0.481 e. The molecule has 3 fully saturated rings. The average molecular weight is 475 g/mol. The summed E-state index contributed by atoms with van der Waals surface area (Å²) in [7, 11) is 0. The van der Waals surface area contributed by atoms with Crippen LogP contribution >= 0.6 is 0 Å². The third-order valence-corrected chi connectivity index (χ3v) is 8.71. The molecule has 2 aromatic carbocycles. The topological polar surface area (TPSA) is 95.9 Å². The highest BCUT2D eigenvalue weighted by molar-refractivity contribution is 5.85. The van der Waals surface area contributed by atoms with Crippen molar-refractivity contribution in [2.45, 2.75) is 44.1 Å². The highest BCUT2D eigenvalue weighted by atomic mass is 16.5. The molecule has 4 aliphatic rings. The summed E-state index contributed by atoms with van der Waals surface area (Å²) in [6.07, 6.45) is 3.10. The van der Waals surface area contributed by atoms with Gasteiger partial charge in [-0.25, -0.2) is 4.79 Å². The van der Waals surface area contributed by atoms with Crippen LogP contribution in [-0.4, -0.2) is 53.7 Å². The van der Waals surface area contributed by atoms with Crippen molar-refractivity contribution in [3.8, 4) is 11.1 Å². The number of amides is 2. The smallest absolute Gasteiger partial charge is 0.407 e. The minimum absolute atomic E-state index is 0.0134. The summed E-state index contributed by atoms with van der Waals surface area (Å²) < 4.78 is 5.60. The lowest BCUT2D eigenvalue weighted by Gasteiger charge is -2.29. The van der Waals surface area contributed by atoms with E-state index in [0.29, 0.717) is 25.9 Å². The van der Waals surface area contributed by atoms with E-state index in [1.165, 1.54) is 22.3 Å². The SMILES string of the molecule is O=C(NC[C@@H]1C[C@@H]1C(=O)N1CCC2(C(=O)O)CCCC12)OCC1c2ccccc2-c2ccccc21. The molecule has 0 radical (unpaired) electrons. The van der Waals surface area contributed by atoms with Crippen LogP contribution in [0.25, 0.3) is 11.1 Å². The molecule has 7 heteroatoms. The molecule has 1 heterocycles. The van der Waals surface area contributed by atoms with E-state index >= 15 is 0 Å². The van der Waals surface area contributed by atoms with Crippen molar-refractivity contribution in [2.24, 2.45) is 17.3 Å². The second kappa shape index (κ2) is 8.40. The number of ether oxygens (including phenoxy) is 1. The van der Waals surface area contributed by atoms with Gasteiger partial charge in [0.15, 0.2) is 0 Å². The zero-order valence-corrected chi connectivity index (χ0v) is 19.6. The fourth-order valence-corrected chi connectivity index (χ4v) is 6.75. The standard InChI is InChI=1S/C28H30N2O5/c31-25(30-13-12-28(26(32)33)11-5-10-24(28)30)22-14-17(22)15-29-27(34)35-16-23-20-8-3-1-6-18(20)19-7-2-4-9-21(19)23/h1-4,6-9,17,22-24H,5,10-16H2,(H,29,34)(H,32,33)/t17-,22-,24?,28?/m0/s1. The molecule has 0 spiro atoms. The van der Waals surface area contributed by atoms with Gasteiger partial charge in [-0.2, -0.15) is 0 Å². The summed E-state index contributed by atoms with van der Waals surface area (Å²) in [6, 6.07) is 16.3. The minimum atomic E-state index is -0.764. The molecule has 35 heavy (non-hydrogen) atoms. The first kappa shape index (κ1) is 22.1. The Balaban J connectivity index is 1.01. The minimum Gasteiger partial charge on any atom is -0.481 e. The van der Waals surface area contributed by atoms with Crippen molar-refractivity contribution in [2.75, 3.05) is 19.7 Å². The third kappa shape index (κ3) is 3.60. The van der Waals surface area contributed by atoms with Crippen LogP contribution < -0.4 is 5.32 Å². The fourth-order valence-electron chi connectivity index (χ4n) is 6.75. The maximum Gasteiger partial charge on any atom is 0.407 e. The number of benzene rings is 2. The van der Waals surface area contributed by atoms with Gasteiger partial charge >= 0.3 is 12.1 Å². The molecule has 2 aromatic rings. The van der Waals surface area contributed by atoms with Gasteiger partial charge < -0.3 is 20.1 Å². The van der Waals surface area contributed by atoms with Crippen molar-refractivity contribution < 1.29 is 24.2 Å². The second-order valence-electron chi connectivity index (χ2n) is 10.5. The zero-order chi connectivity index (χ0) is 24.2. The number of aliphatic carboxylic acids is 1. The summed E-state index contributed by atoms with van der Waals surface area (Å²) >= 11 is 0. The van der Waals surface area contributed by atoms with Crippen molar-refractivity contribution in [3.05, 3.63) is 59.7 Å². The Labute approximate surface area is 204 Å². The van der Waals surface area contributed by atoms with Crippen LogP contribution in [0.3, 0.4) is 0 Å². The van der Waals surface area contributed by atoms with E-state index in [9.17, 15) is 19.5 Å². The van der Waals surface area contributed by atoms with Gasteiger partial charge in [0, 0.05) is 31.0 Å². The lowest BCUT2D eigenvalue weighted by Crippen LogP contribution is -2.44. The van der Waals surface area contributed by atoms with Gasteiger partial charge in [0.05, 0.1) is 5.41 Å². The summed E-state index contributed by atoms with van der Waals surface area (Å²) in [4.78, 5) is 39.3. The number of nitrogens with zero attached hydrogens (tertiary/aromatic N) is 1. The molecule has 0 bridgehead atoms. The Morgan fingerprint density at radius 2 is 1.71 bits per heavy atom. The molecule has 7 nitrogen and oxygen atoms in total. The molecular weight excluding hydrogens is 444 g/mol. The molecule has 182 valence electrons. The van der Waals surface area contributed by atoms with E-state index < -0.39 is 17.5 Å². The number of carboxylic acid groups (broad SMARTS) is 1. The molecule has 2 amide bonds. The molecule has 1 saturated heterocycles. The van der Waals surface area contributed by atoms with Gasteiger partial charge in [0.2, 0.25) is 5.91 Å². The number of hydrogen-bond donors (Lipinski definition) is 2. The highest BCUT2D eigenvalue weighted by Gasteiger charge is 2.58. The summed E-state index contributed by atoms with van der Waals surface area (Å²) in [5.74, 6) is -0.739. The monoisotopic (exact) mass is 474 g/mol. The van der Waals surface area contributed by atoms with Crippen LogP contribution in [0.2, 0.25) is 0 Å². The summed E-state index contributed by atoms with van der Waals surface area (Å²) in [5.41, 5.74) is 3.97. The third-order valence-electron chi connectivity index (χ3n) is 8.71. The maximum absolute atomic E-state index is 13.1. The molecule has 1 aliphatic heterocycles. The van der Waals surface area contributed by atoms with Crippen LogP contribution in [0, 0.1) is 17.3 Å². The van der Waals surface area contributed by atoms with Crippen molar-refractivity contribution in [1.29, 1.82) is 0 Å². The fraction of sp³-hybridized carbons (Fsp3) is 0.464. The Morgan fingerprint density at radius 3 is 2.40 bits per heavy atom. The number of rotatable bonds is 6. The van der Waals surface area contributed by atoms with Gasteiger partial charge in [0.1, 0.15) is 6.61 Å². The number of carboxylic acids is 1. The molecule has 2 N–H and O–H groups in total. The number of fused-ring (bicyclic) bond motifs is 4. The number of carbonyl (C=O) groups is 3. The van der Waals surface area contributed by atoms with Crippen LogP contribution in [0.5, 0.6) is 0 Å². The lowest BCUT2D eigenvalue weighted by molar-refractivity contribution is -0.150. The van der Waals surface area contributed by atoms with Gasteiger partial charge in [0.25, 0.3) is 0 Å². The Kier molecular flexibility index (Phi) is 5.31. The van der Waals surface area contributed by atoms with E-state index in [1.54, 1.807) is 0 Å². The van der Waals surface area contributed by atoms with Crippen LogP contribution in [0.4, 0.5) is 4.79 Å². The van der Waals surface area contributed by atoms with E-state index in [4.69, 9.17) is 4.74 Å². The van der Waals surface area contributed by atoms with Crippen molar-refractivity contribution in [3.63, 3.8) is 0 Å². The Bertz CT molecular complexity index is 1150. The first-order chi connectivity index (χ1) is 17.0. The number of likely N-dealkylation sites (tertiary alicyclic amines) is 1. The molecule has 6 rings (SSSR count). The lowest BCUT2D eigenvalue weighted by atomic mass is 9.82. The summed E-state index contributed by atoms with van der Waals surface area (Å²) in [5, 5.41) is 12.6. The summed E-state index contributed by atoms with van der Waals surface area (Å²) in [6.45, 7) is 1.19. The van der Waals surface area contributed by atoms with Crippen LogP contribution in [0.15, 0.2) is 48.5 Å². The van der Waals surface area contributed by atoms with Gasteiger partial charge in [-0.3, -0.25) is 9.59 Å². The average Bonchev–Trinajstić information content (AvgIpc) is 3.20. The molecule has 3 aliphatic carbocycles. The first-order valence-corrected chi connectivity index (χ1v) is 12.6. The van der Waals surface area contributed by atoms with Gasteiger partial charge in [-0.1, -0.05) is 55.0 Å². The van der Waals surface area contributed by atoms with Gasteiger partial charge in [-0.15, -0.1) is 0 Å². The highest BCUT2D eigenvalue weighted by Crippen LogP contribution is 2.51. The molecule has 4 atom stereocenters. The van der Waals surface area contributed by atoms with E-state index in [1.807, 2.05) is 29.2 Å². The number of alkyl carbamates (subject to hydrolysis) is 1. The second-order valence-corrected chi connectivity index (χ2v) is 10.5. The predicted octanol–water partition coefficient (Wildman–Crippen LogP) is 4.02. The molecule has 2 saturated carbocycles. The quantitative estimate of drug-likeness (QED) is 0.659. The van der Waals surface area contributed by atoms with E-state index in [-0.39, 0.29) is 36.3 Å². The Morgan fingerprint density at radius 1 is 1.03 bits per heavy atom. The molecular formula is C28H30N2O5. The van der Waals surface area contributed by atoms with Gasteiger partial charge in [-0.05, 0) is 53.9 Å². The van der Waals surface area contributed by atoms with Crippen molar-refractivity contribution >= 4 is 18.0 Å². The first-order valence-electron chi connectivity index (χ1n) is 12.6. The number of hydrogen-bond acceptors (Lipinski definition) is 4. The van der Waals surface area contributed by atoms with E-state index in [0.717, 1.165) is 19.3 Å². The number of carbonyl (C=O) groups excluding carboxylic acids is 2. The maximum atomic E-state index is 13.1. The zero-order valence-electron chi connectivity index (χ0n) is 19.6. The number of nitrogens with one attached hydrogen (secondary N) is 1. The Hall–Kier alpha value is -3.35. The van der Waals surface area contributed by atoms with Crippen LogP contribution in [0.1, 0.15) is 49.1 Å². The van der Waals surface area contributed by atoms with Crippen molar-refractivity contribution in [1.82, 2.24) is 10.2 Å². The molecule has 2 unspecified atom stereocenters. The van der Waals surface area contributed by atoms with Crippen LogP contribution in [-0.2, 0) is 14.3 Å². The normalized spacial score (nSPS) is 28.2. The van der Waals surface area contributed by atoms with E-state index in [2.05, 4.69) is 29.6 Å².